The first-order valence-electron chi connectivity index (χ1n) is 8.30. The highest BCUT2D eigenvalue weighted by atomic mass is 79.9. The zero-order valence-corrected chi connectivity index (χ0v) is 16.0. The lowest BCUT2D eigenvalue weighted by atomic mass is 9.86. The van der Waals surface area contributed by atoms with Crippen molar-refractivity contribution in [3.63, 3.8) is 0 Å². The number of rotatable bonds is 5. The number of fused-ring (bicyclic) bond motifs is 2. The maximum atomic E-state index is 12.5. The summed E-state index contributed by atoms with van der Waals surface area (Å²) >= 11 is 3.39. The minimum absolute atomic E-state index is 0.0977. The molecule has 0 spiro atoms. The molecule has 0 fully saturated rings. The van der Waals surface area contributed by atoms with Crippen LogP contribution in [0.4, 0.5) is 0 Å². The summed E-state index contributed by atoms with van der Waals surface area (Å²) in [6.07, 6.45) is 0.420. The van der Waals surface area contributed by atoms with Crippen LogP contribution in [0, 0.1) is 5.92 Å². The lowest BCUT2D eigenvalue weighted by molar-refractivity contribution is -0.126. The first kappa shape index (κ1) is 18.1. The Morgan fingerprint density at radius 2 is 2.08 bits per heavy atom. The van der Waals surface area contributed by atoms with E-state index >= 15 is 0 Å². The number of halogens is 1. The second-order valence-corrected chi connectivity index (χ2v) is 7.92. The van der Waals surface area contributed by atoms with E-state index in [0.717, 1.165) is 11.8 Å². The van der Waals surface area contributed by atoms with Crippen LogP contribution >= 0.6 is 15.9 Å². The summed E-state index contributed by atoms with van der Waals surface area (Å²) in [5, 5.41) is 22.2. The lowest BCUT2D eigenvalue weighted by Gasteiger charge is -2.42. The highest BCUT2D eigenvalue weighted by Crippen LogP contribution is 2.41. The van der Waals surface area contributed by atoms with Crippen molar-refractivity contribution in [2.24, 2.45) is 5.92 Å². The summed E-state index contributed by atoms with van der Waals surface area (Å²) in [5.41, 5.74) is 0.955. The third-order valence-electron chi connectivity index (χ3n) is 4.57. The monoisotopic (exact) mass is 411 g/mol. The summed E-state index contributed by atoms with van der Waals surface area (Å²) in [6, 6.07) is 2.89. The molecule has 0 aliphatic carbocycles. The number of carbonyl (C=O) groups is 1. The van der Waals surface area contributed by atoms with Crippen molar-refractivity contribution < 1.29 is 19.3 Å². The minimum atomic E-state index is -0.896. The fraction of sp³-hybridized carbons (Fsp3) is 0.588. The molecule has 8 heteroatoms. The van der Waals surface area contributed by atoms with E-state index in [1.807, 2.05) is 6.92 Å². The highest BCUT2D eigenvalue weighted by Gasteiger charge is 2.44. The number of hydrogen-bond donors (Lipinski definition) is 2. The van der Waals surface area contributed by atoms with E-state index in [0.29, 0.717) is 28.8 Å². The van der Waals surface area contributed by atoms with Crippen LogP contribution in [0.15, 0.2) is 16.8 Å². The van der Waals surface area contributed by atoms with Crippen LogP contribution in [0.2, 0.25) is 0 Å². The Balaban J connectivity index is 1.90. The molecule has 2 aromatic rings. The molecule has 1 aliphatic rings. The van der Waals surface area contributed by atoms with Gasteiger partial charge < -0.3 is 15.2 Å². The summed E-state index contributed by atoms with van der Waals surface area (Å²) in [7, 11) is 0. The van der Waals surface area contributed by atoms with Gasteiger partial charge in [-0.15, -0.1) is 0 Å². The fourth-order valence-electron chi connectivity index (χ4n) is 3.07. The van der Waals surface area contributed by atoms with E-state index in [1.165, 1.54) is 0 Å². The second kappa shape index (κ2) is 6.92. The topological polar surface area (TPSA) is 97.5 Å². The van der Waals surface area contributed by atoms with Crippen LogP contribution in [0.3, 0.4) is 0 Å². The van der Waals surface area contributed by atoms with Crippen molar-refractivity contribution in [3.8, 4) is 5.75 Å². The molecule has 1 aromatic heterocycles. The highest BCUT2D eigenvalue weighted by molar-refractivity contribution is 9.09. The molecule has 0 saturated heterocycles. The van der Waals surface area contributed by atoms with Gasteiger partial charge in [0.2, 0.25) is 5.91 Å². The number of carbonyl (C=O) groups excluding carboxylic acids is 1. The average molecular weight is 412 g/mol. The Hall–Kier alpha value is -1.67. The van der Waals surface area contributed by atoms with Crippen LogP contribution in [0.25, 0.3) is 11.0 Å². The SMILES string of the molecule is CC(CCBr)CC(=O)NC1c2cc3nonc3cc2OC(C)(C)C1O. The number of benzene rings is 1. The number of hydrogen-bond acceptors (Lipinski definition) is 6. The quantitative estimate of drug-likeness (QED) is 0.733. The van der Waals surface area contributed by atoms with Gasteiger partial charge in [-0.25, -0.2) is 4.63 Å². The molecule has 3 rings (SSSR count). The third kappa shape index (κ3) is 3.64. The first-order valence-corrected chi connectivity index (χ1v) is 9.42. The number of ether oxygens (including phenoxy) is 1. The predicted molar refractivity (Wildman–Crippen MR) is 95.6 cm³/mol. The van der Waals surface area contributed by atoms with Crippen molar-refractivity contribution >= 4 is 32.9 Å². The van der Waals surface area contributed by atoms with Crippen molar-refractivity contribution in [1.82, 2.24) is 15.6 Å². The van der Waals surface area contributed by atoms with Crippen molar-refractivity contribution in [2.45, 2.75) is 51.4 Å². The number of aliphatic hydroxyl groups excluding tert-OH is 1. The van der Waals surface area contributed by atoms with E-state index in [1.54, 1.807) is 26.0 Å². The van der Waals surface area contributed by atoms with Crippen LogP contribution in [-0.4, -0.2) is 38.4 Å². The molecule has 25 heavy (non-hydrogen) atoms. The van der Waals surface area contributed by atoms with Crippen LogP contribution < -0.4 is 10.1 Å². The molecule has 136 valence electrons. The van der Waals surface area contributed by atoms with Crippen LogP contribution in [0.1, 0.15) is 45.2 Å². The molecule has 0 bridgehead atoms. The Labute approximate surface area is 154 Å². The average Bonchev–Trinajstić information content (AvgIpc) is 2.97. The molecule has 0 radical (unpaired) electrons. The Morgan fingerprint density at radius 1 is 1.40 bits per heavy atom. The Morgan fingerprint density at radius 3 is 2.76 bits per heavy atom. The Bertz CT molecular complexity index is 776. The van der Waals surface area contributed by atoms with Crippen molar-refractivity contribution in [1.29, 1.82) is 0 Å². The number of nitrogens with zero attached hydrogens (tertiary/aromatic N) is 2. The van der Waals surface area contributed by atoms with Gasteiger partial charge in [0.25, 0.3) is 0 Å². The van der Waals surface area contributed by atoms with Gasteiger partial charge in [-0.2, -0.15) is 0 Å². The van der Waals surface area contributed by atoms with Gasteiger partial charge in [-0.3, -0.25) is 4.79 Å². The number of aromatic nitrogens is 2. The van der Waals surface area contributed by atoms with Gasteiger partial charge in [-0.1, -0.05) is 22.9 Å². The second-order valence-electron chi connectivity index (χ2n) is 7.13. The number of alkyl halides is 1. The van der Waals surface area contributed by atoms with E-state index in [-0.39, 0.29) is 11.8 Å². The minimum Gasteiger partial charge on any atom is -0.485 e. The molecule has 3 atom stereocenters. The fourth-order valence-corrected chi connectivity index (χ4v) is 3.85. The molecule has 1 amide bonds. The van der Waals surface area contributed by atoms with E-state index in [2.05, 4.69) is 31.6 Å². The van der Waals surface area contributed by atoms with Crippen LogP contribution in [0.5, 0.6) is 5.75 Å². The number of amides is 1. The maximum absolute atomic E-state index is 12.5. The van der Waals surface area contributed by atoms with Gasteiger partial charge in [-0.05, 0) is 42.6 Å². The smallest absolute Gasteiger partial charge is 0.220 e. The molecule has 7 nitrogen and oxygen atoms in total. The van der Waals surface area contributed by atoms with E-state index in [4.69, 9.17) is 9.37 Å². The summed E-state index contributed by atoms with van der Waals surface area (Å²) in [4.78, 5) is 12.5. The molecule has 2 heterocycles. The normalized spacial score (nSPS) is 22.9. The number of nitrogens with one attached hydrogen (secondary N) is 1. The van der Waals surface area contributed by atoms with E-state index < -0.39 is 17.7 Å². The maximum Gasteiger partial charge on any atom is 0.220 e. The molecular formula is C17H22BrN3O4. The largest absolute Gasteiger partial charge is 0.485 e. The molecular weight excluding hydrogens is 390 g/mol. The third-order valence-corrected chi connectivity index (χ3v) is 5.03. The summed E-state index contributed by atoms with van der Waals surface area (Å²) < 4.78 is 10.7. The predicted octanol–water partition coefficient (Wildman–Crippen LogP) is 2.72. The molecule has 1 aromatic carbocycles. The zero-order chi connectivity index (χ0) is 18.2. The van der Waals surface area contributed by atoms with Gasteiger partial charge in [0, 0.05) is 23.4 Å². The summed E-state index contributed by atoms with van der Waals surface area (Å²) in [5.74, 6) is 0.725. The summed E-state index contributed by atoms with van der Waals surface area (Å²) in [6.45, 7) is 5.61. The van der Waals surface area contributed by atoms with Crippen LogP contribution in [-0.2, 0) is 4.79 Å². The van der Waals surface area contributed by atoms with E-state index in [9.17, 15) is 9.90 Å². The van der Waals surface area contributed by atoms with Gasteiger partial charge in [0.15, 0.2) is 0 Å². The zero-order valence-electron chi connectivity index (χ0n) is 14.5. The molecule has 3 unspecified atom stereocenters. The first-order chi connectivity index (χ1) is 11.8. The standard InChI is InChI=1S/C17H22BrN3O4/c1-9(4-5-18)6-14(22)19-15-10-7-11-12(21-25-20-11)8-13(10)24-17(2,3)16(15)23/h7-9,15-16,23H,4-6H2,1-3H3,(H,19,22). The van der Waals surface area contributed by atoms with Gasteiger partial charge in [0.1, 0.15) is 28.5 Å². The van der Waals surface area contributed by atoms with Crippen molar-refractivity contribution in [3.05, 3.63) is 17.7 Å². The van der Waals surface area contributed by atoms with Gasteiger partial charge >= 0.3 is 0 Å². The Kier molecular flexibility index (Phi) is 5.02. The number of aliphatic hydroxyl groups is 1. The van der Waals surface area contributed by atoms with Gasteiger partial charge in [0.05, 0.1) is 6.04 Å². The molecule has 0 saturated carbocycles. The molecule has 1 aliphatic heterocycles. The lowest BCUT2D eigenvalue weighted by Crippen LogP contribution is -2.53. The molecule has 2 N–H and O–H groups in total. The van der Waals surface area contributed by atoms with Crippen molar-refractivity contribution in [2.75, 3.05) is 5.33 Å².